The van der Waals surface area contributed by atoms with E-state index in [1.54, 1.807) is 6.92 Å². The minimum Gasteiger partial charge on any atom is -0.457 e. The molecule has 9 unspecified atom stereocenters. The number of carbonyl (C=O) groups is 2. The van der Waals surface area contributed by atoms with Crippen LogP contribution in [0.3, 0.4) is 0 Å². The first kappa shape index (κ1) is 33.9. The zero-order chi connectivity index (χ0) is 30.6. The molecular weight excluding hydrogens is 560 g/mol. The van der Waals surface area contributed by atoms with Crippen LogP contribution in [0.15, 0.2) is 0 Å². The summed E-state index contributed by atoms with van der Waals surface area (Å²) in [5, 5.41) is 71.8. The topological polar surface area (TPSA) is 250 Å². The highest BCUT2D eigenvalue weighted by molar-refractivity contribution is 5.66. The van der Waals surface area contributed by atoms with Crippen LogP contribution < -0.4 is 0 Å². The van der Waals surface area contributed by atoms with Crippen molar-refractivity contribution < 1.29 is 83.2 Å². The molecule has 3 aliphatic heterocycles. The van der Waals surface area contributed by atoms with Crippen LogP contribution in [0.5, 0.6) is 0 Å². The van der Waals surface area contributed by atoms with Gasteiger partial charge in [0.1, 0.15) is 48.8 Å². The van der Waals surface area contributed by atoms with Gasteiger partial charge in [-0.05, 0) is 0 Å². The quantitative estimate of drug-likeness (QED) is 0.117. The molecule has 0 spiro atoms. The van der Waals surface area contributed by atoms with Gasteiger partial charge in [-0.25, -0.2) is 0 Å². The highest BCUT2D eigenvalue weighted by atomic mass is 16.8. The second kappa shape index (κ2) is 14.7. The Morgan fingerprint density at radius 2 is 1.12 bits per heavy atom. The number of hydrogen-bond acceptors (Lipinski definition) is 17. The molecule has 41 heavy (non-hydrogen) atoms. The first-order chi connectivity index (χ1) is 19.4. The molecule has 238 valence electrons. The fraction of sp³-hybridized carbons (Fsp3) is 0.917. The van der Waals surface area contributed by atoms with E-state index in [0.29, 0.717) is 0 Å². The molecule has 0 bridgehead atoms. The zero-order valence-corrected chi connectivity index (χ0v) is 23.0. The molecule has 0 amide bonds. The number of hydrogen-bond donors (Lipinski definition) is 7. The third-order valence-corrected chi connectivity index (χ3v) is 7.25. The highest BCUT2D eigenvalue weighted by Gasteiger charge is 2.54. The lowest BCUT2D eigenvalue weighted by molar-refractivity contribution is -0.376. The summed E-state index contributed by atoms with van der Waals surface area (Å²) in [7, 11) is 1.39. The minimum atomic E-state index is -1.89. The molecule has 3 aliphatic rings. The lowest BCUT2D eigenvalue weighted by Crippen LogP contribution is -2.66. The Bertz CT molecular complexity index is 858. The van der Waals surface area contributed by atoms with E-state index in [0.717, 1.165) is 13.8 Å². The summed E-state index contributed by atoms with van der Waals surface area (Å²) in [4.78, 5) is 23.4. The van der Waals surface area contributed by atoms with Gasteiger partial charge in [-0.1, -0.05) is 6.92 Å². The third-order valence-electron chi connectivity index (χ3n) is 7.25. The van der Waals surface area contributed by atoms with Gasteiger partial charge in [0.2, 0.25) is 0 Å². The zero-order valence-electron chi connectivity index (χ0n) is 23.0. The highest BCUT2D eigenvalue weighted by Crippen LogP contribution is 2.35. The van der Waals surface area contributed by atoms with Crippen LogP contribution in [0.2, 0.25) is 0 Å². The Labute approximate surface area is 235 Å². The number of methoxy groups -OCH3 is 1. The SMILES string of the molecule is CO[C@H]1C(CO)OC(O[C@H]2C(CO)OC(O[C@H]3C(CO)OC(O)C(O)[C@H]3OC(C)=O)C(O)[C@H]2O)C(OC(C)=O)[C@H]1C. The number of ether oxygens (including phenoxy) is 8. The summed E-state index contributed by atoms with van der Waals surface area (Å²) >= 11 is 0. The van der Waals surface area contributed by atoms with Crippen molar-refractivity contribution in [1.29, 1.82) is 0 Å². The Hall–Kier alpha value is -1.58. The van der Waals surface area contributed by atoms with E-state index < -0.39 is 124 Å². The van der Waals surface area contributed by atoms with Crippen LogP contribution in [-0.4, -0.2) is 161 Å². The van der Waals surface area contributed by atoms with E-state index in [1.807, 2.05) is 0 Å². The average Bonchev–Trinajstić information content (AvgIpc) is 2.93. The predicted octanol–water partition coefficient (Wildman–Crippen LogP) is -4.50. The normalized spacial score (nSPS) is 45.2. The average molecular weight is 601 g/mol. The molecule has 0 aliphatic carbocycles. The van der Waals surface area contributed by atoms with Crippen molar-refractivity contribution in [3.05, 3.63) is 0 Å². The van der Waals surface area contributed by atoms with Crippen LogP contribution in [0.1, 0.15) is 20.8 Å². The fourth-order valence-electron chi connectivity index (χ4n) is 5.27. The van der Waals surface area contributed by atoms with Crippen LogP contribution in [0.4, 0.5) is 0 Å². The molecule has 3 saturated heterocycles. The van der Waals surface area contributed by atoms with Crippen molar-refractivity contribution in [1.82, 2.24) is 0 Å². The molecule has 0 saturated carbocycles. The predicted molar refractivity (Wildman–Crippen MR) is 128 cm³/mol. The Balaban J connectivity index is 1.82. The van der Waals surface area contributed by atoms with Crippen molar-refractivity contribution >= 4 is 11.9 Å². The molecule has 0 aromatic heterocycles. The van der Waals surface area contributed by atoms with Gasteiger partial charge in [0.05, 0.1) is 25.9 Å². The minimum absolute atomic E-state index is 0.485. The molecule has 15 atom stereocenters. The molecule has 17 heteroatoms. The number of esters is 2. The summed E-state index contributed by atoms with van der Waals surface area (Å²) in [6, 6.07) is 0. The van der Waals surface area contributed by atoms with Crippen molar-refractivity contribution in [2.24, 2.45) is 5.92 Å². The van der Waals surface area contributed by atoms with E-state index in [-0.39, 0.29) is 0 Å². The van der Waals surface area contributed by atoms with E-state index in [1.165, 1.54) is 7.11 Å². The van der Waals surface area contributed by atoms with Gasteiger partial charge in [0.15, 0.2) is 31.1 Å². The summed E-state index contributed by atoms with van der Waals surface area (Å²) in [6.45, 7) is 1.84. The van der Waals surface area contributed by atoms with Gasteiger partial charge in [-0.2, -0.15) is 0 Å². The van der Waals surface area contributed by atoms with Gasteiger partial charge in [0, 0.05) is 26.9 Å². The second-order valence-electron chi connectivity index (χ2n) is 10.1. The molecule has 3 rings (SSSR count). The summed E-state index contributed by atoms with van der Waals surface area (Å²) in [5.41, 5.74) is 0. The van der Waals surface area contributed by atoms with Crippen LogP contribution in [0, 0.1) is 5.92 Å². The van der Waals surface area contributed by atoms with Gasteiger partial charge >= 0.3 is 11.9 Å². The van der Waals surface area contributed by atoms with Gasteiger partial charge in [-0.3, -0.25) is 9.59 Å². The Kier molecular flexibility index (Phi) is 12.2. The number of aliphatic hydroxyl groups excluding tert-OH is 7. The van der Waals surface area contributed by atoms with E-state index in [9.17, 15) is 45.3 Å². The Morgan fingerprint density at radius 3 is 1.66 bits per heavy atom. The molecule has 0 aromatic rings. The molecule has 17 nitrogen and oxygen atoms in total. The van der Waals surface area contributed by atoms with Gasteiger partial charge in [-0.15, -0.1) is 0 Å². The smallest absolute Gasteiger partial charge is 0.303 e. The van der Waals surface area contributed by atoms with E-state index in [4.69, 9.17) is 37.9 Å². The molecular formula is C24H40O17. The molecule has 3 heterocycles. The molecule has 7 N–H and O–H groups in total. The Morgan fingerprint density at radius 1 is 0.634 bits per heavy atom. The molecule has 3 fully saturated rings. The van der Waals surface area contributed by atoms with Crippen molar-refractivity contribution in [3.8, 4) is 0 Å². The van der Waals surface area contributed by atoms with Crippen LogP contribution >= 0.6 is 0 Å². The second-order valence-corrected chi connectivity index (χ2v) is 10.1. The summed E-state index contributed by atoms with van der Waals surface area (Å²) in [6.07, 6.45) is -20.5. The number of rotatable bonds is 10. The lowest BCUT2D eigenvalue weighted by Gasteiger charge is -2.49. The van der Waals surface area contributed by atoms with E-state index in [2.05, 4.69) is 0 Å². The van der Waals surface area contributed by atoms with E-state index >= 15 is 0 Å². The van der Waals surface area contributed by atoms with Crippen molar-refractivity contribution in [2.75, 3.05) is 26.9 Å². The maximum atomic E-state index is 11.8. The van der Waals surface area contributed by atoms with Crippen LogP contribution in [0.25, 0.3) is 0 Å². The standard InChI is InChI=1S/C24H40O17/c1-8-17(34-4)11(5-25)39-24(18(8)35-9(2)28)40-19-12(6-26)38-23(15(31)14(19)30)41-20-13(7-27)37-22(33)16(32)21(20)36-10(3)29/h8,11-27,30-33H,5-7H2,1-4H3/t8-,11?,12?,13?,14+,15?,16?,17+,18?,19-,20-,21+,22?,23?,24?/m0/s1. The van der Waals surface area contributed by atoms with Gasteiger partial charge < -0.3 is 73.6 Å². The first-order valence-electron chi connectivity index (χ1n) is 13.1. The fourth-order valence-corrected chi connectivity index (χ4v) is 5.27. The summed E-state index contributed by atoms with van der Waals surface area (Å²) in [5.74, 6) is -2.09. The van der Waals surface area contributed by atoms with Crippen molar-refractivity contribution in [3.63, 3.8) is 0 Å². The third kappa shape index (κ3) is 7.50. The monoisotopic (exact) mass is 600 g/mol. The van der Waals surface area contributed by atoms with Crippen LogP contribution in [-0.2, 0) is 47.5 Å². The maximum Gasteiger partial charge on any atom is 0.303 e. The number of aliphatic hydroxyl groups is 7. The molecule has 0 aromatic carbocycles. The lowest BCUT2D eigenvalue weighted by atomic mass is 9.90. The molecule has 0 radical (unpaired) electrons. The number of carbonyl (C=O) groups excluding carboxylic acids is 2. The first-order valence-corrected chi connectivity index (χ1v) is 13.1. The van der Waals surface area contributed by atoms with Gasteiger partial charge in [0.25, 0.3) is 0 Å². The summed E-state index contributed by atoms with van der Waals surface area (Å²) < 4.78 is 44.0. The maximum absolute atomic E-state index is 11.8. The largest absolute Gasteiger partial charge is 0.457 e. The van der Waals surface area contributed by atoms with Crippen molar-refractivity contribution in [2.45, 2.75) is 107 Å².